The highest BCUT2D eigenvalue weighted by Crippen LogP contribution is 2.34. The normalized spacial score (nSPS) is 25.2. The van der Waals surface area contributed by atoms with Crippen LogP contribution < -0.4 is 25.0 Å². The number of aliphatic imine (C=N–C) groups is 1. The Morgan fingerprint density at radius 3 is 2.54 bits per heavy atom. The predicted octanol–water partition coefficient (Wildman–Crippen LogP) is 2.64. The minimum Gasteiger partial charge on any atom is -0.497 e. The van der Waals surface area contributed by atoms with Crippen molar-refractivity contribution in [1.29, 1.82) is 0 Å². The summed E-state index contributed by atoms with van der Waals surface area (Å²) < 4.78 is 10.8. The van der Waals surface area contributed by atoms with Gasteiger partial charge in [0, 0.05) is 56.1 Å². The largest absolute Gasteiger partial charge is 0.497 e. The Labute approximate surface area is 157 Å². The van der Waals surface area contributed by atoms with Crippen molar-refractivity contribution in [3.8, 4) is 11.5 Å². The number of anilines is 1. The number of ether oxygens (including phenoxy) is 2. The quantitative estimate of drug-likeness (QED) is 0.578. The van der Waals surface area contributed by atoms with E-state index in [-0.39, 0.29) is 0 Å². The van der Waals surface area contributed by atoms with E-state index in [1.54, 1.807) is 14.2 Å². The van der Waals surface area contributed by atoms with Crippen LogP contribution >= 0.6 is 0 Å². The smallest absolute Gasteiger partial charge is 0.191 e. The highest BCUT2D eigenvalue weighted by Gasteiger charge is 2.37. The van der Waals surface area contributed by atoms with Crippen molar-refractivity contribution in [1.82, 2.24) is 10.6 Å². The van der Waals surface area contributed by atoms with Gasteiger partial charge in [0.1, 0.15) is 11.5 Å². The molecule has 3 unspecified atom stereocenters. The van der Waals surface area contributed by atoms with Crippen LogP contribution in [0, 0.1) is 5.92 Å². The number of rotatable bonds is 7. The molecule has 0 bridgehead atoms. The summed E-state index contributed by atoms with van der Waals surface area (Å²) in [5.74, 6) is 3.40. The Hall–Kier alpha value is -2.11. The Morgan fingerprint density at radius 2 is 1.92 bits per heavy atom. The first kappa shape index (κ1) is 18.7. The van der Waals surface area contributed by atoms with E-state index in [0.717, 1.165) is 48.6 Å². The van der Waals surface area contributed by atoms with Crippen molar-refractivity contribution in [3.05, 3.63) is 18.2 Å². The van der Waals surface area contributed by atoms with Gasteiger partial charge in [-0.15, -0.1) is 0 Å². The van der Waals surface area contributed by atoms with Crippen LogP contribution in [0.2, 0.25) is 0 Å². The Kier molecular flexibility index (Phi) is 6.12. The number of hydrogen-bond acceptors (Lipinski definition) is 4. The second-order valence-corrected chi connectivity index (χ2v) is 7.25. The molecule has 1 aliphatic heterocycles. The number of nitrogens with one attached hydrogen (secondary N) is 2. The molecule has 2 aliphatic rings. The fraction of sp³-hybridized carbons (Fsp3) is 0.650. The molecule has 26 heavy (non-hydrogen) atoms. The highest BCUT2D eigenvalue weighted by atomic mass is 16.5. The number of methoxy groups -OCH3 is 2. The van der Waals surface area contributed by atoms with Gasteiger partial charge in [-0.2, -0.15) is 0 Å². The van der Waals surface area contributed by atoms with Crippen molar-refractivity contribution >= 4 is 11.6 Å². The second-order valence-electron chi connectivity index (χ2n) is 7.25. The third-order valence-corrected chi connectivity index (χ3v) is 5.36. The summed E-state index contributed by atoms with van der Waals surface area (Å²) >= 11 is 0. The lowest BCUT2D eigenvalue weighted by atomic mass is 10.2. The zero-order valence-corrected chi connectivity index (χ0v) is 16.4. The molecule has 1 saturated heterocycles. The minimum absolute atomic E-state index is 0.391. The number of benzene rings is 1. The molecule has 144 valence electrons. The van der Waals surface area contributed by atoms with Crippen LogP contribution in [0.25, 0.3) is 0 Å². The summed E-state index contributed by atoms with van der Waals surface area (Å²) in [6, 6.07) is 7.03. The second kappa shape index (κ2) is 8.52. The topological polar surface area (TPSA) is 58.1 Å². The molecule has 1 aliphatic carbocycles. The number of guanidine groups is 1. The molecule has 1 aromatic carbocycles. The first-order valence-electron chi connectivity index (χ1n) is 9.64. The van der Waals surface area contributed by atoms with E-state index in [0.29, 0.717) is 12.1 Å². The highest BCUT2D eigenvalue weighted by molar-refractivity contribution is 5.80. The first-order chi connectivity index (χ1) is 12.7. The van der Waals surface area contributed by atoms with Crippen LogP contribution in [0.15, 0.2) is 23.2 Å². The lowest BCUT2D eigenvalue weighted by molar-refractivity contribution is 0.394. The standard InChI is InChI=1S/C20H32N4O2/c1-5-6-14-9-19(14)23-20(21-2)22-15-7-8-24(13-15)16-10-17(25-3)12-18(11-16)26-4/h10-12,14-15,19H,5-9,13H2,1-4H3,(H2,21,22,23). The molecule has 0 aromatic heterocycles. The van der Waals surface area contributed by atoms with E-state index in [1.807, 2.05) is 13.1 Å². The lowest BCUT2D eigenvalue weighted by Crippen LogP contribution is -2.45. The predicted molar refractivity (Wildman–Crippen MR) is 107 cm³/mol. The van der Waals surface area contributed by atoms with E-state index in [1.165, 1.54) is 19.3 Å². The molecular formula is C20H32N4O2. The van der Waals surface area contributed by atoms with Gasteiger partial charge in [0.15, 0.2) is 5.96 Å². The molecule has 1 heterocycles. The Balaban J connectivity index is 1.55. The minimum atomic E-state index is 0.391. The van der Waals surface area contributed by atoms with Gasteiger partial charge >= 0.3 is 0 Å². The molecule has 2 N–H and O–H groups in total. The zero-order valence-electron chi connectivity index (χ0n) is 16.4. The van der Waals surface area contributed by atoms with Gasteiger partial charge in [-0.1, -0.05) is 13.3 Å². The first-order valence-corrected chi connectivity index (χ1v) is 9.64. The van der Waals surface area contributed by atoms with E-state index >= 15 is 0 Å². The Morgan fingerprint density at radius 1 is 1.19 bits per heavy atom. The lowest BCUT2D eigenvalue weighted by Gasteiger charge is -2.21. The molecule has 1 saturated carbocycles. The SMILES string of the molecule is CCCC1CC1NC(=NC)NC1CCN(c2cc(OC)cc(OC)c2)C1. The van der Waals surface area contributed by atoms with Crippen LogP contribution in [-0.4, -0.2) is 52.4 Å². The average molecular weight is 361 g/mol. The molecule has 1 aromatic rings. The van der Waals surface area contributed by atoms with Gasteiger partial charge in [-0.25, -0.2) is 0 Å². The van der Waals surface area contributed by atoms with Crippen molar-refractivity contribution < 1.29 is 9.47 Å². The molecule has 2 fully saturated rings. The molecule has 3 rings (SSSR count). The molecular weight excluding hydrogens is 328 g/mol. The van der Waals surface area contributed by atoms with Gasteiger partial charge in [-0.3, -0.25) is 4.99 Å². The van der Waals surface area contributed by atoms with Gasteiger partial charge in [-0.05, 0) is 25.2 Å². The number of hydrogen-bond donors (Lipinski definition) is 2. The van der Waals surface area contributed by atoms with Crippen molar-refractivity contribution in [3.63, 3.8) is 0 Å². The maximum absolute atomic E-state index is 5.39. The summed E-state index contributed by atoms with van der Waals surface area (Å²) in [5.41, 5.74) is 1.14. The summed E-state index contributed by atoms with van der Waals surface area (Å²) in [5, 5.41) is 7.17. The van der Waals surface area contributed by atoms with Crippen LogP contribution in [0.1, 0.15) is 32.6 Å². The zero-order chi connectivity index (χ0) is 18.5. The van der Waals surface area contributed by atoms with E-state index in [9.17, 15) is 0 Å². The summed E-state index contributed by atoms with van der Waals surface area (Å²) in [6.07, 6.45) is 4.93. The van der Waals surface area contributed by atoms with Gasteiger partial charge in [0.05, 0.1) is 14.2 Å². The molecule has 3 atom stereocenters. The van der Waals surface area contributed by atoms with E-state index in [4.69, 9.17) is 9.47 Å². The van der Waals surface area contributed by atoms with Gasteiger partial charge in [0.25, 0.3) is 0 Å². The van der Waals surface area contributed by atoms with Crippen molar-refractivity contribution in [2.45, 2.75) is 44.7 Å². The molecule has 0 radical (unpaired) electrons. The number of nitrogens with zero attached hydrogens (tertiary/aromatic N) is 2. The average Bonchev–Trinajstić information content (AvgIpc) is 3.22. The summed E-state index contributed by atoms with van der Waals surface area (Å²) in [4.78, 5) is 6.78. The van der Waals surface area contributed by atoms with Crippen LogP contribution in [0.5, 0.6) is 11.5 Å². The maximum Gasteiger partial charge on any atom is 0.191 e. The van der Waals surface area contributed by atoms with E-state index in [2.05, 4.69) is 39.6 Å². The molecule has 0 spiro atoms. The van der Waals surface area contributed by atoms with Crippen molar-refractivity contribution in [2.75, 3.05) is 39.3 Å². The van der Waals surface area contributed by atoms with E-state index < -0.39 is 0 Å². The fourth-order valence-corrected chi connectivity index (χ4v) is 3.74. The third-order valence-electron chi connectivity index (χ3n) is 5.36. The molecule has 0 amide bonds. The summed E-state index contributed by atoms with van der Waals surface area (Å²) in [6.45, 7) is 4.20. The summed E-state index contributed by atoms with van der Waals surface area (Å²) in [7, 11) is 5.23. The van der Waals surface area contributed by atoms with Crippen molar-refractivity contribution in [2.24, 2.45) is 10.9 Å². The van der Waals surface area contributed by atoms with Gasteiger partial charge in [0.2, 0.25) is 0 Å². The fourth-order valence-electron chi connectivity index (χ4n) is 3.74. The van der Waals surface area contributed by atoms with Crippen LogP contribution in [0.3, 0.4) is 0 Å². The van der Waals surface area contributed by atoms with Crippen LogP contribution in [-0.2, 0) is 0 Å². The molecule has 6 heteroatoms. The molecule has 6 nitrogen and oxygen atoms in total. The van der Waals surface area contributed by atoms with Gasteiger partial charge < -0.3 is 25.0 Å². The maximum atomic E-state index is 5.39. The third kappa shape index (κ3) is 4.54. The van der Waals surface area contributed by atoms with Crippen LogP contribution in [0.4, 0.5) is 5.69 Å². The Bertz CT molecular complexity index is 612. The monoisotopic (exact) mass is 360 g/mol.